The predicted octanol–water partition coefficient (Wildman–Crippen LogP) is -0.0577. The van der Waals surface area contributed by atoms with Crippen LogP contribution in [0.15, 0.2) is 4.52 Å². The van der Waals surface area contributed by atoms with Gasteiger partial charge in [0.05, 0.1) is 13.0 Å². The summed E-state index contributed by atoms with van der Waals surface area (Å²) in [6.45, 7) is 2.54. The highest BCUT2D eigenvalue weighted by molar-refractivity contribution is 5.66. The molecule has 6 heteroatoms. The number of aliphatic carboxylic acids is 1. The number of carboxylic acids is 1. The van der Waals surface area contributed by atoms with Crippen LogP contribution in [0.5, 0.6) is 0 Å². The summed E-state index contributed by atoms with van der Waals surface area (Å²) in [6.07, 6.45) is 0.0904. The van der Waals surface area contributed by atoms with Crippen LogP contribution < -0.4 is 5.32 Å². The second-order valence-corrected chi connectivity index (χ2v) is 2.56. The molecule has 1 aromatic rings. The molecule has 0 spiro atoms. The fourth-order valence-corrected chi connectivity index (χ4v) is 0.802. The van der Waals surface area contributed by atoms with Gasteiger partial charge in [0.2, 0.25) is 5.89 Å². The quantitative estimate of drug-likeness (QED) is 0.625. The van der Waals surface area contributed by atoms with E-state index < -0.39 is 5.97 Å². The molecule has 1 heterocycles. The van der Waals surface area contributed by atoms with E-state index in [1.54, 1.807) is 6.92 Å². The third-order valence-corrected chi connectivity index (χ3v) is 1.36. The maximum absolute atomic E-state index is 10.1. The van der Waals surface area contributed by atoms with Crippen molar-refractivity contribution in [2.24, 2.45) is 0 Å². The van der Waals surface area contributed by atoms with E-state index in [4.69, 9.17) is 9.63 Å². The second-order valence-electron chi connectivity index (χ2n) is 2.56. The Hall–Kier alpha value is -1.43. The van der Waals surface area contributed by atoms with Crippen molar-refractivity contribution < 1.29 is 14.4 Å². The molecule has 1 rings (SSSR count). The Morgan fingerprint density at radius 3 is 3.00 bits per heavy atom. The van der Waals surface area contributed by atoms with Gasteiger partial charge in [0, 0.05) is 6.54 Å². The minimum absolute atomic E-state index is 0.0904. The number of aryl methyl sites for hydroxylation is 1. The fraction of sp³-hybridized carbons (Fsp3) is 0.571. The third kappa shape index (κ3) is 3.66. The molecule has 0 fully saturated rings. The van der Waals surface area contributed by atoms with Crippen LogP contribution in [0.1, 0.15) is 18.1 Å². The van der Waals surface area contributed by atoms with Crippen LogP contribution in [0.4, 0.5) is 0 Å². The smallest absolute Gasteiger partial charge is 0.304 e. The van der Waals surface area contributed by atoms with Crippen molar-refractivity contribution in [2.45, 2.75) is 19.9 Å². The van der Waals surface area contributed by atoms with Gasteiger partial charge in [-0.1, -0.05) is 5.16 Å². The standard InChI is InChI=1S/C7H11N3O3/c1-5-9-6(13-10-5)4-8-3-2-7(11)12/h8H,2-4H2,1H3,(H,11,12). The van der Waals surface area contributed by atoms with Gasteiger partial charge in [-0.3, -0.25) is 4.79 Å². The van der Waals surface area contributed by atoms with Crippen molar-refractivity contribution in [3.8, 4) is 0 Å². The monoisotopic (exact) mass is 185 g/mol. The molecule has 0 aliphatic rings. The van der Waals surface area contributed by atoms with Crippen LogP contribution in [0, 0.1) is 6.92 Å². The Labute approximate surface area is 74.9 Å². The minimum Gasteiger partial charge on any atom is -0.481 e. The number of nitrogens with zero attached hydrogens (tertiary/aromatic N) is 2. The van der Waals surface area contributed by atoms with Gasteiger partial charge in [0.25, 0.3) is 0 Å². The Balaban J connectivity index is 2.16. The Morgan fingerprint density at radius 1 is 1.69 bits per heavy atom. The lowest BCUT2D eigenvalue weighted by molar-refractivity contribution is -0.136. The maximum atomic E-state index is 10.1. The molecule has 0 saturated heterocycles. The van der Waals surface area contributed by atoms with E-state index in [-0.39, 0.29) is 6.42 Å². The van der Waals surface area contributed by atoms with E-state index >= 15 is 0 Å². The van der Waals surface area contributed by atoms with Crippen LogP contribution in [-0.2, 0) is 11.3 Å². The van der Waals surface area contributed by atoms with Crippen LogP contribution >= 0.6 is 0 Å². The summed E-state index contributed by atoms with van der Waals surface area (Å²) in [5, 5.41) is 14.8. The summed E-state index contributed by atoms with van der Waals surface area (Å²) in [7, 11) is 0. The van der Waals surface area contributed by atoms with Crippen LogP contribution in [0.25, 0.3) is 0 Å². The molecule has 6 nitrogen and oxygen atoms in total. The number of carboxylic acid groups (broad SMARTS) is 1. The highest BCUT2D eigenvalue weighted by Gasteiger charge is 2.01. The van der Waals surface area contributed by atoms with Crippen LogP contribution in [0.2, 0.25) is 0 Å². The molecule has 0 aliphatic carbocycles. The summed E-state index contributed by atoms with van der Waals surface area (Å²) >= 11 is 0. The lowest BCUT2D eigenvalue weighted by Crippen LogP contribution is -2.17. The van der Waals surface area contributed by atoms with Gasteiger partial charge in [-0.2, -0.15) is 4.98 Å². The first kappa shape index (κ1) is 9.66. The number of rotatable bonds is 5. The average molecular weight is 185 g/mol. The van der Waals surface area contributed by atoms with E-state index in [9.17, 15) is 4.79 Å². The molecular weight excluding hydrogens is 174 g/mol. The predicted molar refractivity (Wildman–Crippen MR) is 43.0 cm³/mol. The lowest BCUT2D eigenvalue weighted by atomic mass is 10.4. The first-order valence-corrected chi connectivity index (χ1v) is 3.90. The van der Waals surface area contributed by atoms with Crippen molar-refractivity contribution >= 4 is 5.97 Å². The van der Waals surface area contributed by atoms with Gasteiger partial charge in [-0.05, 0) is 6.92 Å². The first-order chi connectivity index (χ1) is 6.18. The topological polar surface area (TPSA) is 88.2 Å². The number of carbonyl (C=O) groups is 1. The molecule has 0 aromatic carbocycles. The Morgan fingerprint density at radius 2 is 2.46 bits per heavy atom. The molecule has 72 valence electrons. The molecule has 0 atom stereocenters. The number of hydrogen-bond donors (Lipinski definition) is 2. The molecule has 0 amide bonds. The normalized spacial score (nSPS) is 10.2. The number of hydrogen-bond acceptors (Lipinski definition) is 5. The fourth-order valence-electron chi connectivity index (χ4n) is 0.802. The third-order valence-electron chi connectivity index (χ3n) is 1.36. The van der Waals surface area contributed by atoms with Crippen molar-refractivity contribution in [3.63, 3.8) is 0 Å². The summed E-state index contributed by atoms with van der Waals surface area (Å²) in [6, 6.07) is 0. The molecule has 0 unspecified atom stereocenters. The molecule has 0 radical (unpaired) electrons. The highest BCUT2D eigenvalue weighted by Crippen LogP contribution is 1.94. The van der Waals surface area contributed by atoms with Crippen molar-refractivity contribution in [1.82, 2.24) is 15.5 Å². The van der Waals surface area contributed by atoms with E-state index in [0.29, 0.717) is 24.8 Å². The maximum Gasteiger partial charge on any atom is 0.304 e. The van der Waals surface area contributed by atoms with E-state index in [2.05, 4.69) is 15.5 Å². The molecular formula is C7H11N3O3. The largest absolute Gasteiger partial charge is 0.481 e. The van der Waals surface area contributed by atoms with Crippen LogP contribution in [-0.4, -0.2) is 27.8 Å². The summed E-state index contributed by atoms with van der Waals surface area (Å²) in [5.74, 6) is 0.229. The van der Waals surface area contributed by atoms with Crippen molar-refractivity contribution in [1.29, 1.82) is 0 Å². The van der Waals surface area contributed by atoms with E-state index in [1.807, 2.05) is 0 Å². The zero-order valence-corrected chi connectivity index (χ0v) is 7.28. The van der Waals surface area contributed by atoms with Gasteiger partial charge in [-0.25, -0.2) is 0 Å². The molecule has 0 saturated carbocycles. The Kier molecular flexibility index (Phi) is 3.39. The molecule has 2 N–H and O–H groups in total. The van der Waals surface area contributed by atoms with E-state index in [1.165, 1.54) is 0 Å². The first-order valence-electron chi connectivity index (χ1n) is 3.90. The van der Waals surface area contributed by atoms with Crippen molar-refractivity contribution in [3.05, 3.63) is 11.7 Å². The zero-order valence-electron chi connectivity index (χ0n) is 7.28. The number of aromatic nitrogens is 2. The lowest BCUT2D eigenvalue weighted by Gasteiger charge is -1.96. The van der Waals surface area contributed by atoms with Gasteiger partial charge >= 0.3 is 5.97 Å². The van der Waals surface area contributed by atoms with Crippen LogP contribution in [0.3, 0.4) is 0 Å². The molecule has 0 aliphatic heterocycles. The van der Waals surface area contributed by atoms with Gasteiger partial charge < -0.3 is 14.9 Å². The second kappa shape index (κ2) is 4.56. The Bertz CT molecular complexity index is 284. The van der Waals surface area contributed by atoms with E-state index in [0.717, 1.165) is 0 Å². The van der Waals surface area contributed by atoms with Crippen molar-refractivity contribution in [2.75, 3.05) is 6.54 Å². The molecule has 0 bridgehead atoms. The highest BCUT2D eigenvalue weighted by atomic mass is 16.5. The van der Waals surface area contributed by atoms with Gasteiger partial charge in [0.1, 0.15) is 0 Å². The zero-order chi connectivity index (χ0) is 9.68. The summed E-state index contributed by atoms with van der Waals surface area (Å²) in [5.41, 5.74) is 0. The van der Waals surface area contributed by atoms with Gasteiger partial charge in [0.15, 0.2) is 5.82 Å². The molecule has 1 aromatic heterocycles. The average Bonchev–Trinajstić information content (AvgIpc) is 2.45. The summed E-state index contributed by atoms with van der Waals surface area (Å²) < 4.78 is 4.80. The minimum atomic E-state index is -0.825. The number of nitrogens with one attached hydrogen (secondary N) is 1. The summed E-state index contributed by atoms with van der Waals surface area (Å²) in [4.78, 5) is 14.1. The van der Waals surface area contributed by atoms with Gasteiger partial charge in [-0.15, -0.1) is 0 Å². The SMILES string of the molecule is Cc1noc(CNCCC(=O)O)n1. The molecule has 13 heavy (non-hydrogen) atoms.